The maximum Gasteiger partial charge on any atom is 0.140 e. The Kier molecular flexibility index (Phi) is 4.98. The highest BCUT2D eigenvalue weighted by Crippen LogP contribution is 2.57. The number of nitrogens with two attached hydrogens (primary N) is 1. The second-order valence-corrected chi connectivity index (χ2v) is 10.1. The molecule has 2 aliphatic carbocycles. The summed E-state index contributed by atoms with van der Waals surface area (Å²) in [5.41, 5.74) is 11.5. The first-order chi connectivity index (χ1) is 14.5. The molecule has 1 spiro atoms. The Labute approximate surface area is 182 Å². The number of fused-ring (bicyclic) bond motifs is 2. The number of hydrazone groups is 1. The van der Waals surface area contributed by atoms with E-state index in [4.69, 9.17) is 10.8 Å². The minimum Gasteiger partial charge on any atom is -0.328 e. The topological polar surface area (TPSA) is 41.6 Å². The summed E-state index contributed by atoms with van der Waals surface area (Å²) in [6.45, 7) is 6.51. The van der Waals surface area contributed by atoms with Crippen LogP contribution in [0, 0.1) is 18.7 Å². The Hall–Kier alpha value is -2.11. The fourth-order valence-electron chi connectivity index (χ4n) is 5.11. The van der Waals surface area contributed by atoms with Crippen LogP contribution in [0.5, 0.6) is 0 Å². The van der Waals surface area contributed by atoms with E-state index in [0.29, 0.717) is 17.5 Å². The van der Waals surface area contributed by atoms with E-state index in [1.807, 2.05) is 19.1 Å². The van der Waals surface area contributed by atoms with Crippen molar-refractivity contribution in [2.75, 3.05) is 0 Å². The Morgan fingerprint density at radius 1 is 1.20 bits per heavy atom. The number of hydrogen-bond acceptors (Lipinski definition) is 4. The molecule has 0 bridgehead atoms. The number of hydrogen-bond donors (Lipinski definition) is 1. The maximum atomic E-state index is 14.8. The standard InChI is InChI=1S/C25H28FN3S/c1-16-7-12-23(26)21(15-16)24-28-29(17(2)18-8-10-20(27)11-9-18)25(30-24)14-13-19-5-3-4-6-22(19)25/h3-7,12,15,18,20H,2,8-11,13-14,27H2,1H3. The molecule has 156 valence electrons. The van der Waals surface area contributed by atoms with Crippen molar-refractivity contribution in [2.45, 2.75) is 56.4 Å². The quantitative estimate of drug-likeness (QED) is 0.694. The second-order valence-electron chi connectivity index (χ2n) is 8.85. The third kappa shape index (κ3) is 3.19. The van der Waals surface area contributed by atoms with Crippen LogP contribution in [0.1, 0.15) is 54.4 Å². The van der Waals surface area contributed by atoms with E-state index in [0.717, 1.165) is 54.8 Å². The Morgan fingerprint density at radius 3 is 2.77 bits per heavy atom. The van der Waals surface area contributed by atoms with Gasteiger partial charge in [0.1, 0.15) is 15.7 Å². The van der Waals surface area contributed by atoms with Crippen LogP contribution in [0.2, 0.25) is 0 Å². The van der Waals surface area contributed by atoms with Gasteiger partial charge in [-0.15, -0.1) is 0 Å². The molecule has 1 aliphatic heterocycles. The summed E-state index contributed by atoms with van der Waals surface area (Å²) in [7, 11) is 0. The lowest BCUT2D eigenvalue weighted by atomic mass is 9.84. The zero-order valence-electron chi connectivity index (χ0n) is 17.4. The molecule has 1 fully saturated rings. The van der Waals surface area contributed by atoms with E-state index < -0.39 is 0 Å². The lowest BCUT2D eigenvalue weighted by Gasteiger charge is -2.39. The Bertz CT molecular complexity index is 1020. The molecular formula is C25H28FN3S. The Balaban J connectivity index is 1.57. The molecule has 2 aromatic rings. The average molecular weight is 422 g/mol. The SMILES string of the molecule is C=C(C1CCC(N)CC1)N1N=C(c2cc(C)ccc2F)SC12CCc1ccccc12. The van der Waals surface area contributed by atoms with Crippen molar-refractivity contribution in [3.05, 3.63) is 82.8 Å². The van der Waals surface area contributed by atoms with Gasteiger partial charge in [0.2, 0.25) is 0 Å². The second kappa shape index (κ2) is 7.54. The number of benzene rings is 2. The van der Waals surface area contributed by atoms with E-state index in [1.54, 1.807) is 17.8 Å². The van der Waals surface area contributed by atoms with Crippen LogP contribution in [0.3, 0.4) is 0 Å². The van der Waals surface area contributed by atoms with Gasteiger partial charge in [0.15, 0.2) is 0 Å². The average Bonchev–Trinajstić information content (AvgIpc) is 3.32. The van der Waals surface area contributed by atoms with Gasteiger partial charge in [0, 0.05) is 23.2 Å². The lowest BCUT2D eigenvalue weighted by molar-refractivity contribution is 0.193. The summed E-state index contributed by atoms with van der Waals surface area (Å²) in [6, 6.07) is 14.2. The van der Waals surface area contributed by atoms with Crippen molar-refractivity contribution >= 4 is 16.8 Å². The van der Waals surface area contributed by atoms with Crippen LogP contribution in [-0.4, -0.2) is 16.1 Å². The molecule has 1 unspecified atom stereocenters. The predicted molar refractivity (Wildman–Crippen MR) is 123 cm³/mol. The highest BCUT2D eigenvalue weighted by molar-refractivity contribution is 8.15. The van der Waals surface area contributed by atoms with Crippen molar-refractivity contribution in [2.24, 2.45) is 16.8 Å². The molecule has 2 N–H and O–H groups in total. The molecule has 1 atom stereocenters. The zero-order chi connectivity index (χ0) is 20.9. The highest BCUT2D eigenvalue weighted by atomic mass is 32.2. The van der Waals surface area contributed by atoms with Gasteiger partial charge in [-0.05, 0) is 68.7 Å². The molecule has 0 saturated heterocycles. The van der Waals surface area contributed by atoms with Gasteiger partial charge < -0.3 is 5.73 Å². The van der Waals surface area contributed by atoms with Gasteiger partial charge in [-0.2, -0.15) is 5.10 Å². The first kappa shape index (κ1) is 19.8. The summed E-state index contributed by atoms with van der Waals surface area (Å²) in [4.78, 5) is -0.335. The van der Waals surface area contributed by atoms with Crippen LogP contribution >= 0.6 is 11.8 Å². The van der Waals surface area contributed by atoms with Crippen LogP contribution in [-0.2, 0) is 11.3 Å². The van der Waals surface area contributed by atoms with Crippen LogP contribution in [0.4, 0.5) is 4.39 Å². The summed E-state index contributed by atoms with van der Waals surface area (Å²) in [5, 5.41) is 7.92. The maximum absolute atomic E-state index is 14.8. The molecule has 5 heteroatoms. The van der Waals surface area contributed by atoms with E-state index >= 15 is 0 Å². The molecule has 0 aromatic heterocycles. The van der Waals surface area contributed by atoms with Gasteiger partial charge in [0.05, 0.1) is 0 Å². The van der Waals surface area contributed by atoms with Gasteiger partial charge in [-0.25, -0.2) is 9.40 Å². The smallest absolute Gasteiger partial charge is 0.140 e. The van der Waals surface area contributed by atoms with Gasteiger partial charge in [-0.3, -0.25) is 0 Å². The van der Waals surface area contributed by atoms with Crippen LogP contribution in [0.25, 0.3) is 0 Å². The number of rotatable bonds is 3. The monoisotopic (exact) mass is 421 g/mol. The molecule has 1 heterocycles. The number of thioether (sulfide) groups is 1. The molecular weight excluding hydrogens is 393 g/mol. The molecule has 5 rings (SSSR count). The van der Waals surface area contributed by atoms with Crippen LogP contribution in [0.15, 0.2) is 59.8 Å². The minimum absolute atomic E-state index is 0.218. The number of nitrogens with zero attached hydrogens (tertiary/aromatic N) is 2. The lowest BCUT2D eigenvalue weighted by Crippen LogP contribution is -2.38. The number of aryl methyl sites for hydroxylation is 2. The molecule has 0 amide bonds. The van der Waals surface area contributed by atoms with Crippen molar-refractivity contribution < 1.29 is 4.39 Å². The van der Waals surface area contributed by atoms with E-state index in [-0.39, 0.29) is 10.7 Å². The molecule has 0 radical (unpaired) electrons. The van der Waals surface area contributed by atoms with Crippen molar-refractivity contribution in [3.8, 4) is 0 Å². The van der Waals surface area contributed by atoms with E-state index in [2.05, 4.69) is 35.9 Å². The molecule has 2 aromatic carbocycles. The molecule has 3 nitrogen and oxygen atoms in total. The molecule has 30 heavy (non-hydrogen) atoms. The summed E-state index contributed by atoms with van der Waals surface area (Å²) in [5.74, 6) is 0.157. The third-order valence-electron chi connectivity index (χ3n) is 6.84. The summed E-state index contributed by atoms with van der Waals surface area (Å²) >= 11 is 1.69. The van der Waals surface area contributed by atoms with Crippen molar-refractivity contribution in [3.63, 3.8) is 0 Å². The Morgan fingerprint density at radius 2 is 1.97 bits per heavy atom. The molecule has 3 aliphatic rings. The van der Waals surface area contributed by atoms with Gasteiger partial charge >= 0.3 is 0 Å². The first-order valence-electron chi connectivity index (χ1n) is 10.8. The first-order valence-corrected chi connectivity index (χ1v) is 11.7. The number of halogens is 1. The summed E-state index contributed by atoms with van der Waals surface area (Å²) < 4.78 is 14.8. The fourth-order valence-corrected chi connectivity index (χ4v) is 6.58. The highest BCUT2D eigenvalue weighted by Gasteiger charge is 2.51. The largest absolute Gasteiger partial charge is 0.328 e. The van der Waals surface area contributed by atoms with E-state index in [1.165, 1.54) is 11.1 Å². The summed E-state index contributed by atoms with van der Waals surface area (Å²) in [6.07, 6.45) is 6.09. The van der Waals surface area contributed by atoms with Crippen LogP contribution < -0.4 is 5.73 Å². The van der Waals surface area contributed by atoms with Gasteiger partial charge in [-0.1, -0.05) is 54.2 Å². The fraction of sp³-hybridized carbons (Fsp3) is 0.400. The predicted octanol–water partition coefficient (Wildman–Crippen LogP) is 5.67. The third-order valence-corrected chi connectivity index (χ3v) is 8.27. The normalized spacial score (nSPS) is 28.0. The molecule has 1 saturated carbocycles. The van der Waals surface area contributed by atoms with Gasteiger partial charge in [0.25, 0.3) is 0 Å². The number of allylic oxidation sites excluding steroid dienone is 1. The minimum atomic E-state index is -0.335. The van der Waals surface area contributed by atoms with E-state index in [9.17, 15) is 4.39 Å². The van der Waals surface area contributed by atoms with Crippen molar-refractivity contribution in [1.82, 2.24) is 5.01 Å². The zero-order valence-corrected chi connectivity index (χ0v) is 18.2. The van der Waals surface area contributed by atoms with Crippen molar-refractivity contribution in [1.29, 1.82) is 0 Å².